The van der Waals surface area contributed by atoms with E-state index in [1.54, 1.807) is 47.2 Å². The fraction of sp³-hybridized carbons (Fsp3) is 0.347. The summed E-state index contributed by atoms with van der Waals surface area (Å²) in [5.41, 5.74) is 6.80. The van der Waals surface area contributed by atoms with Crippen LogP contribution in [0, 0.1) is 17.0 Å². The number of imide groups is 1. The summed E-state index contributed by atoms with van der Waals surface area (Å²) < 4.78 is 36.9. The smallest absolute Gasteiger partial charge is 0.408 e. The van der Waals surface area contributed by atoms with Crippen molar-refractivity contribution < 1.29 is 57.0 Å². The number of carbonyl (C=O) groups is 8. The second-order valence-electron chi connectivity index (χ2n) is 17.2. The molecule has 1 aromatic heterocycles. The number of nitrogens with one attached hydrogen (secondary N) is 3. The molecule has 19 heteroatoms. The largest absolute Gasteiger partial charge is 0.445 e. The summed E-state index contributed by atoms with van der Waals surface area (Å²) in [6.07, 6.45) is 1.56. The Morgan fingerprint density at radius 3 is 2.10 bits per heavy atom. The van der Waals surface area contributed by atoms with Crippen LogP contribution in [-0.4, -0.2) is 105 Å². The van der Waals surface area contributed by atoms with Crippen molar-refractivity contribution in [2.75, 3.05) is 26.2 Å². The SMILES string of the molecule is CC(C)(C)[C@H](c1cc(-c2cc(F)ccc2F)cn1Cc1ccccc1)N(CC[C@H](NC(=O)[C@H](CC(N)=O)NC(=O)OCc1ccccc1)C(=O)NCCCC(=O)CN1C(=O)C=CC1=O)C(=O)CO. The first-order chi connectivity index (χ1) is 32.3. The number of halogens is 2. The molecule has 1 aliphatic heterocycles. The molecular weight excluding hydrogens is 885 g/mol. The summed E-state index contributed by atoms with van der Waals surface area (Å²) in [6, 6.07) is 18.5. The van der Waals surface area contributed by atoms with E-state index in [4.69, 9.17) is 10.5 Å². The second-order valence-corrected chi connectivity index (χ2v) is 17.2. The molecule has 4 aromatic rings. The highest BCUT2D eigenvalue weighted by atomic mass is 19.1. The third-order valence-electron chi connectivity index (χ3n) is 10.9. The van der Waals surface area contributed by atoms with E-state index in [1.165, 1.54) is 4.90 Å². The van der Waals surface area contributed by atoms with E-state index < -0.39 is 102 Å². The van der Waals surface area contributed by atoms with Crippen LogP contribution in [0.25, 0.3) is 11.1 Å². The lowest BCUT2D eigenvalue weighted by molar-refractivity contribution is -0.141. The van der Waals surface area contributed by atoms with Gasteiger partial charge in [-0.3, -0.25) is 38.5 Å². The van der Waals surface area contributed by atoms with Crippen LogP contribution in [0.15, 0.2) is 103 Å². The molecule has 6 N–H and O–H groups in total. The van der Waals surface area contributed by atoms with Crippen LogP contribution in [0.2, 0.25) is 0 Å². The predicted molar refractivity (Wildman–Crippen MR) is 243 cm³/mol. The first kappa shape index (κ1) is 51.4. The van der Waals surface area contributed by atoms with Crippen LogP contribution in [0.3, 0.4) is 0 Å². The Bertz CT molecular complexity index is 2490. The van der Waals surface area contributed by atoms with E-state index >= 15 is 4.39 Å². The van der Waals surface area contributed by atoms with Gasteiger partial charge < -0.3 is 41.0 Å². The molecule has 3 aromatic carbocycles. The highest BCUT2D eigenvalue weighted by Crippen LogP contribution is 2.41. The third-order valence-corrected chi connectivity index (χ3v) is 10.9. The van der Waals surface area contributed by atoms with Gasteiger partial charge in [-0.05, 0) is 53.6 Å². The minimum absolute atomic E-state index is 0.0370. The number of nitrogens with two attached hydrogens (primary N) is 1. The molecule has 0 saturated carbocycles. The van der Waals surface area contributed by atoms with E-state index in [2.05, 4.69) is 16.0 Å². The van der Waals surface area contributed by atoms with Crippen molar-refractivity contribution in [3.05, 3.63) is 132 Å². The van der Waals surface area contributed by atoms with E-state index in [-0.39, 0.29) is 51.1 Å². The fourth-order valence-electron chi connectivity index (χ4n) is 7.69. The summed E-state index contributed by atoms with van der Waals surface area (Å²) >= 11 is 0. The summed E-state index contributed by atoms with van der Waals surface area (Å²) in [5.74, 6) is -6.66. The van der Waals surface area contributed by atoms with Gasteiger partial charge in [0.2, 0.25) is 23.6 Å². The molecule has 0 spiro atoms. The number of carbonyl (C=O) groups excluding carboxylic acids is 8. The van der Waals surface area contributed by atoms with Gasteiger partial charge in [0.05, 0.1) is 19.0 Å². The summed E-state index contributed by atoms with van der Waals surface area (Å²) in [6.45, 7) is 3.66. The lowest BCUT2D eigenvalue weighted by Crippen LogP contribution is -2.55. The standard InChI is InChI=1S/C49H55F2N7O10/c1-49(2,3)45(40-23-33(36-24-34(50)16-17-37(36)51)27-56(40)26-31-11-6-4-7-12-31)57(44(64)29-59)22-20-38(46(65)53-21-10-15-35(60)28-58-42(62)18-19-43(58)63)54-47(66)39(25-41(52)61)55-48(67)68-30-32-13-8-5-9-14-32/h4-9,11-14,16-19,23-24,27,38-39,45,59H,10,15,20-22,25-26,28-30H2,1-3H3,(H2,52,61)(H,53,65)(H,54,66)(H,55,67)/t38-,39-,45-/m0/s1. The molecule has 68 heavy (non-hydrogen) atoms. The predicted octanol–water partition coefficient (Wildman–Crippen LogP) is 3.83. The number of aliphatic hydroxyl groups is 1. The molecular formula is C49H55F2N7O10. The molecule has 2 heterocycles. The number of nitrogens with zero attached hydrogens (tertiary/aromatic N) is 3. The second kappa shape index (κ2) is 23.8. The zero-order valence-electron chi connectivity index (χ0n) is 37.9. The zero-order valence-corrected chi connectivity index (χ0v) is 37.9. The van der Waals surface area contributed by atoms with E-state index in [1.807, 2.05) is 51.1 Å². The molecule has 0 unspecified atom stereocenters. The van der Waals surface area contributed by atoms with Crippen LogP contribution in [0.5, 0.6) is 0 Å². The first-order valence-corrected chi connectivity index (χ1v) is 21.8. The summed E-state index contributed by atoms with van der Waals surface area (Å²) in [4.78, 5) is 106. The number of amides is 7. The summed E-state index contributed by atoms with van der Waals surface area (Å²) in [5, 5.41) is 17.9. The molecule has 5 rings (SSSR count). The minimum Gasteiger partial charge on any atom is -0.445 e. The van der Waals surface area contributed by atoms with Gasteiger partial charge in [0.25, 0.3) is 11.8 Å². The summed E-state index contributed by atoms with van der Waals surface area (Å²) in [7, 11) is 0. The number of aliphatic hydroxyl groups excluding tert-OH is 1. The number of benzene rings is 3. The van der Waals surface area contributed by atoms with Gasteiger partial charge in [-0.1, -0.05) is 81.4 Å². The van der Waals surface area contributed by atoms with Gasteiger partial charge >= 0.3 is 6.09 Å². The maximum atomic E-state index is 15.3. The molecule has 0 aliphatic carbocycles. The highest BCUT2D eigenvalue weighted by molar-refractivity contribution is 6.14. The van der Waals surface area contributed by atoms with Crippen molar-refractivity contribution in [3.63, 3.8) is 0 Å². The molecule has 0 fully saturated rings. The number of primary amides is 1. The van der Waals surface area contributed by atoms with Crippen LogP contribution >= 0.6 is 0 Å². The number of aromatic nitrogens is 1. The van der Waals surface area contributed by atoms with E-state index in [0.29, 0.717) is 16.8 Å². The van der Waals surface area contributed by atoms with Gasteiger partial charge in [0.1, 0.15) is 36.9 Å². The maximum absolute atomic E-state index is 15.3. The number of ketones is 1. The molecule has 3 atom stereocenters. The Labute approximate surface area is 391 Å². The van der Waals surface area contributed by atoms with Crippen molar-refractivity contribution in [1.29, 1.82) is 0 Å². The Hall–Kier alpha value is -7.54. The van der Waals surface area contributed by atoms with E-state index in [0.717, 1.165) is 40.8 Å². The lowest BCUT2D eigenvalue weighted by atomic mass is 9.82. The zero-order chi connectivity index (χ0) is 49.5. The van der Waals surface area contributed by atoms with Crippen molar-refractivity contribution >= 4 is 47.3 Å². The number of hydrogen-bond donors (Lipinski definition) is 5. The topological polar surface area (TPSA) is 240 Å². The van der Waals surface area contributed by atoms with Gasteiger partial charge in [0, 0.05) is 61.2 Å². The van der Waals surface area contributed by atoms with Gasteiger partial charge in [0.15, 0.2) is 5.78 Å². The Morgan fingerprint density at radius 2 is 1.49 bits per heavy atom. The molecule has 1 aliphatic rings. The maximum Gasteiger partial charge on any atom is 0.408 e. The highest BCUT2D eigenvalue weighted by Gasteiger charge is 2.38. The Balaban J connectivity index is 1.44. The fourth-order valence-corrected chi connectivity index (χ4v) is 7.69. The molecule has 0 bridgehead atoms. The number of rotatable bonds is 23. The van der Waals surface area contributed by atoms with Gasteiger partial charge in [-0.15, -0.1) is 0 Å². The third kappa shape index (κ3) is 14.5. The molecule has 7 amide bonds. The Morgan fingerprint density at radius 1 is 0.838 bits per heavy atom. The molecule has 17 nitrogen and oxygen atoms in total. The monoisotopic (exact) mass is 939 g/mol. The molecule has 0 saturated heterocycles. The number of ether oxygens (including phenoxy) is 1. The lowest BCUT2D eigenvalue weighted by Gasteiger charge is -2.41. The van der Waals surface area contributed by atoms with Crippen LogP contribution in [0.1, 0.15) is 69.3 Å². The van der Waals surface area contributed by atoms with Crippen molar-refractivity contribution in [2.45, 2.75) is 77.7 Å². The normalized spacial score (nSPS) is 13.6. The van der Waals surface area contributed by atoms with Gasteiger partial charge in [-0.25, -0.2) is 13.6 Å². The molecule has 360 valence electrons. The van der Waals surface area contributed by atoms with Crippen LogP contribution in [-0.2, 0) is 51.5 Å². The minimum atomic E-state index is -1.63. The molecule has 0 radical (unpaired) electrons. The van der Waals surface area contributed by atoms with E-state index in [9.17, 15) is 47.9 Å². The van der Waals surface area contributed by atoms with Crippen LogP contribution < -0.4 is 21.7 Å². The van der Waals surface area contributed by atoms with Crippen molar-refractivity contribution in [2.24, 2.45) is 11.1 Å². The van der Waals surface area contributed by atoms with Crippen molar-refractivity contribution in [3.8, 4) is 11.1 Å². The Kier molecular flexibility index (Phi) is 18.0. The quantitative estimate of drug-likeness (QED) is 0.0532. The van der Waals surface area contributed by atoms with Gasteiger partial charge in [-0.2, -0.15) is 0 Å². The average molecular weight is 940 g/mol. The van der Waals surface area contributed by atoms with Crippen LogP contribution in [0.4, 0.5) is 13.6 Å². The first-order valence-electron chi connectivity index (χ1n) is 21.8. The van der Waals surface area contributed by atoms with Crippen molar-refractivity contribution in [1.82, 2.24) is 30.3 Å². The number of Topliss-reactive ketones (excluding diaryl/α,β-unsaturated/α-hetero) is 1. The number of alkyl carbamates (subject to hydrolysis) is 1. The number of hydrogen-bond acceptors (Lipinski definition) is 10. The average Bonchev–Trinajstić information content (AvgIpc) is 3.85.